The minimum absolute atomic E-state index is 0.0592. The average molecular weight is 342 g/mol. The highest BCUT2D eigenvalue weighted by Gasteiger charge is 2.25. The summed E-state index contributed by atoms with van der Waals surface area (Å²) in [6.07, 6.45) is 5.29. The minimum atomic E-state index is -0.107. The van der Waals surface area contributed by atoms with Crippen molar-refractivity contribution in [3.8, 4) is 0 Å². The zero-order chi connectivity index (χ0) is 17.6. The summed E-state index contributed by atoms with van der Waals surface area (Å²) in [5.74, 6) is -0.0482. The number of fused-ring (bicyclic) bond motifs is 1. The molecule has 3 N–H and O–H groups in total. The molecule has 2 amide bonds. The summed E-state index contributed by atoms with van der Waals surface area (Å²) >= 11 is 0. The third-order valence-corrected chi connectivity index (χ3v) is 4.71. The highest BCUT2D eigenvalue weighted by molar-refractivity contribution is 5.86. The van der Waals surface area contributed by atoms with E-state index >= 15 is 0 Å². The Morgan fingerprint density at radius 3 is 3.00 bits per heavy atom. The molecule has 0 saturated carbocycles. The highest BCUT2D eigenvalue weighted by atomic mass is 16.2. The van der Waals surface area contributed by atoms with Crippen molar-refractivity contribution in [2.24, 2.45) is 0 Å². The van der Waals surface area contributed by atoms with Gasteiger partial charge in [0.05, 0.1) is 6.67 Å². The van der Waals surface area contributed by atoms with Gasteiger partial charge in [0.1, 0.15) is 6.54 Å². The van der Waals surface area contributed by atoms with E-state index in [-0.39, 0.29) is 24.4 Å². The van der Waals surface area contributed by atoms with Crippen LogP contribution >= 0.6 is 0 Å². The molecule has 0 spiro atoms. The van der Waals surface area contributed by atoms with Crippen molar-refractivity contribution >= 4 is 22.7 Å². The van der Waals surface area contributed by atoms with Gasteiger partial charge in [-0.3, -0.25) is 14.9 Å². The molecule has 1 aromatic heterocycles. The van der Waals surface area contributed by atoms with E-state index in [2.05, 4.69) is 28.6 Å². The van der Waals surface area contributed by atoms with Crippen LogP contribution in [0.2, 0.25) is 0 Å². The molecule has 1 saturated heterocycles. The number of aromatic nitrogens is 1. The van der Waals surface area contributed by atoms with E-state index in [4.69, 9.17) is 0 Å². The molecule has 1 aromatic carbocycles. The molecule has 1 fully saturated rings. The van der Waals surface area contributed by atoms with Crippen LogP contribution in [0.4, 0.5) is 0 Å². The van der Waals surface area contributed by atoms with Crippen LogP contribution < -0.4 is 10.6 Å². The van der Waals surface area contributed by atoms with E-state index in [0.717, 1.165) is 24.8 Å². The second-order valence-electron chi connectivity index (χ2n) is 6.60. The number of benzene rings is 1. The van der Waals surface area contributed by atoms with Crippen molar-refractivity contribution in [1.29, 1.82) is 0 Å². The molecule has 134 valence electrons. The van der Waals surface area contributed by atoms with Gasteiger partial charge >= 0.3 is 0 Å². The van der Waals surface area contributed by atoms with Gasteiger partial charge in [0.2, 0.25) is 11.8 Å². The van der Waals surface area contributed by atoms with Crippen LogP contribution in [-0.2, 0) is 16.0 Å². The van der Waals surface area contributed by atoms with Crippen molar-refractivity contribution in [2.45, 2.75) is 38.6 Å². The van der Waals surface area contributed by atoms with E-state index < -0.39 is 0 Å². The van der Waals surface area contributed by atoms with E-state index in [9.17, 15) is 9.59 Å². The molecule has 3 rings (SSSR count). The number of hydrogen-bond acceptors (Lipinski definition) is 3. The summed E-state index contributed by atoms with van der Waals surface area (Å²) in [7, 11) is 0. The molecule has 1 unspecified atom stereocenters. The lowest BCUT2D eigenvalue weighted by Gasteiger charge is -2.32. The number of carbonyl (C=O) groups is 2. The standard InChI is InChI=1S/C19H26N4O2/c1-2-5-15-10-19(25)23(13-22-15)12-18(24)20-9-8-14-11-21-17-7-4-3-6-16(14)17/h3-4,6-7,11,15,21-22H,2,5,8-10,12-13H2,1H3,(H,20,24). The summed E-state index contributed by atoms with van der Waals surface area (Å²) in [5, 5.41) is 7.43. The molecule has 6 heteroatoms. The number of nitrogens with zero attached hydrogens (tertiary/aromatic N) is 1. The molecular weight excluding hydrogens is 316 g/mol. The van der Waals surface area contributed by atoms with Gasteiger partial charge in [-0.25, -0.2) is 0 Å². The summed E-state index contributed by atoms with van der Waals surface area (Å²) in [5.41, 5.74) is 2.30. The van der Waals surface area contributed by atoms with Gasteiger partial charge in [0.25, 0.3) is 0 Å². The zero-order valence-corrected chi connectivity index (χ0v) is 14.7. The topological polar surface area (TPSA) is 77.2 Å². The maximum Gasteiger partial charge on any atom is 0.239 e. The maximum atomic E-state index is 12.1. The predicted octanol–water partition coefficient (Wildman–Crippen LogP) is 1.77. The van der Waals surface area contributed by atoms with Crippen molar-refractivity contribution in [2.75, 3.05) is 19.8 Å². The van der Waals surface area contributed by atoms with E-state index in [0.29, 0.717) is 19.6 Å². The SMILES string of the molecule is CCCC1CC(=O)N(CC(=O)NCCc2c[nH]c3ccccc23)CN1. The van der Waals surface area contributed by atoms with Crippen LogP contribution in [0.15, 0.2) is 30.5 Å². The molecule has 2 heterocycles. The van der Waals surface area contributed by atoms with Crippen molar-refractivity contribution < 1.29 is 9.59 Å². The fourth-order valence-electron chi connectivity index (χ4n) is 3.34. The molecule has 0 radical (unpaired) electrons. The zero-order valence-electron chi connectivity index (χ0n) is 14.7. The van der Waals surface area contributed by atoms with Crippen LogP contribution in [0.25, 0.3) is 10.9 Å². The monoisotopic (exact) mass is 342 g/mol. The molecule has 6 nitrogen and oxygen atoms in total. The van der Waals surface area contributed by atoms with Gasteiger partial charge in [-0.1, -0.05) is 31.5 Å². The molecule has 1 atom stereocenters. The van der Waals surface area contributed by atoms with E-state index in [1.165, 1.54) is 10.9 Å². The Labute approximate surface area is 148 Å². The van der Waals surface area contributed by atoms with E-state index in [1.807, 2.05) is 24.4 Å². The Bertz CT molecular complexity index is 740. The fraction of sp³-hybridized carbons (Fsp3) is 0.474. The van der Waals surface area contributed by atoms with Crippen molar-refractivity contribution in [1.82, 2.24) is 20.5 Å². The average Bonchev–Trinajstić information content (AvgIpc) is 3.01. The second-order valence-corrected chi connectivity index (χ2v) is 6.60. The molecule has 25 heavy (non-hydrogen) atoms. The van der Waals surface area contributed by atoms with Gasteiger partial charge in [-0.2, -0.15) is 0 Å². The quantitative estimate of drug-likeness (QED) is 0.718. The summed E-state index contributed by atoms with van der Waals surface area (Å²) < 4.78 is 0. The van der Waals surface area contributed by atoms with Crippen LogP contribution in [-0.4, -0.2) is 47.5 Å². The highest BCUT2D eigenvalue weighted by Crippen LogP contribution is 2.17. The molecule has 0 bridgehead atoms. The Morgan fingerprint density at radius 1 is 1.36 bits per heavy atom. The van der Waals surface area contributed by atoms with Gasteiger partial charge < -0.3 is 15.2 Å². The Balaban J connectivity index is 1.43. The largest absolute Gasteiger partial charge is 0.361 e. The molecule has 2 aromatic rings. The third kappa shape index (κ3) is 4.39. The number of amides is 2. The predicted molar refractivity (Wildman–Crippen MR) is 98.0 cm³/mol. The summed E-state index contributed by atoms with van der Waals surface area (Å²) in [6, 6.07) is 8.38. The first kappa shape index (κ1) is 17.5. The van der Waals surface area contributed by atoms with Crippen LogP contribution in [0.3, 0.4) is 0 Å². The Kier molecular flexibility index (Phi) is 5.71. The lowest BCUT2D eigenvalue weighted by molar-refractivity contribution is -0.139. The Morgan fingerprint density at radius 2 is 2.20 bits per heavy atom. The van der Waals surface area contributed by atoms with Crippen LogP contribution in [0, 0.1) is 0 Å². The number of para-hydroxylation sites is 1. The smallest absolute Gasteiger partial charge is 0.239 e. The fourth-order valence-corrected chi connectivity index (χ4v) is 3.34. The number of nitrogens with one attached hydrogen (secondary N) is 3. The molecular formula is C19H26N4O2. The molecule has 1 aliphatic heterocycles. The number of rotatable bonds is 7. The number of aromatic amines is 1. The van der Waals surface area contributed by atoms with Crippen molar-refractivity contribution in [3.05, 3.63) is 36.0 Å². The normalized spacial score (nSPS) is 17.9. The summed E-state index contributed by atoms with van der Waals surface area (Å²) in [6.45, 7) is 3.26. The molecule has 0 aliphatic carbocycles. The first-order valence-electron chi connectivity index (χ1n) is 9.00. The number of carbonyl (C=O) groups excluding carboxylic acids is 2. The first-order chi connectivity index (χ1) is 12.2. The third-order valence-electron chi connectivity index (χ3n) is 4.71. The van der Waals surface area contributed by atoms with E-state index in [1.54, 1.807) is 4.90 Å². The van der Waals surface area contributed by atoms with Crippen LogP contribution in [0.1, 0.15) is 31.7 Å². The van der Waals surface area contributed by atoms with Crippen molar-refractivity contribution in [3.63, 3.8) is 0 Å². The lowest BCUT2D eigenvalue weighted by Crippen LogP contribution is -2.53. The lowest BCUT2D eigenvalue weighted by atomic mass is 10.1. The van der Waals surface area contributed by atoms with Gasteiger partial charge in [0.15, 0.2) is 0 Å². The summed E-state index contributed by atoms with van der Waals surface area (Å²) in [4.78, 5) is 29.1. The first-order valence-corrected chi connectivity index (χ1v) is 9.00. The van der Waals surface area contributed by atoms with Gasteiger partial charge in [0, 0.05) is 36.1 Å². The second kappa shape index (κ2) is 8.16. The number of H-pyrrole nitrogens is 1. The van der Waals surface area contributed by atoms with Gasteiger partial charge in [-0.05, 0) is 24.5 Å². The minimum Gasteiger partial charge on any atom is -0.361 e. The van der Waals surface area contributed by atoms with Gasteiger partial charge in [-0.15, -0.1) is 0 Å². The molecule has 1 aliphatic rings. The maximum absolute atomic E-state index is 12.1. The Hall–Kier alpha value is -2.34. The van der Waals surface area contributed by atoms with Crippen LogP contribution in [0.5, 0.6) is 0 Å². The number of hydrogen-bond donors (Lipinski definition) is 3.